The van der Waals surface area contributed by atoms with E-state index >= 15 is 0 Å². The van der Waals surface area contributed by atoms with Gasteiger partial charge in [0.25, 0.3) is 0 Å². The van der Waals surface area contributed by atoms with Gasteiger partial charge in [-0.2, -0.15) is 0 Å². The van der Waals surface area contributed by atoms with Crippen LogP contribution in [0.1, 0.15) is 11.1 Å². The lowest BCUT2D eigenvalue weighted by molar-refractivity contribution is 0.202. The first-order valence-corrected chi connectivity index (χ1v) is 7.71. The minimum absolute atomic E-state index is 0.734. The average Bonchev–Trinajstić information content (AvgIpc) is 2.49. The van der Waals surface area contributed by atoms with Crippen LogP contribution in [0.3, 0.4) is 0 Å². The van der Waals surface area contributed by atoms with E-state index in [0.29, 0.717) is 0 Å². The van der Waals surface area contributed by atoms with Crippen molar-refractivity contribution < 1.29 is 9.47 Å². The highest BCUT2D eigenvalue weighted by atomic mass is 79.9. The monoisotopic (exact) mass is 349 g/mol. The Morgan fingerprint density at radius 2 is 1.86 bits per heavy atom. The zero-order chi connectivity index (χ0) is 15.1. The van der Waals surface area contributed by atoms with Gasteiger partial charge in [0.05, 0.1) is 6.61 Å². The van der Waals surface area contributed by atoms with Crippen molar-refractivity contribution in [3.8, 4) is 11.5 Å². The summed E-state index contributed by atoms with van der Waals surface area (Å²) in [5, 5.41) is 3.15. The van der Waals surface area contributed by atoms with E-state index < -0.39 is 0 Å². The van der Waals surface area contributed by atoms with Crippen LogP contribution in [-0.4, -0.2) is 20.8 Å². The van der Waals surface area contributed by atoms with Crippen LogP contribution < -0.4 is 10.1 Å². The summed E-state index contributed by atoms with van der Waals surface area (Å²) in [4.78, 5) is 0. The second-order valence-corrected chi connectivity index (χ2v) is 5.69. The topological polar surface area (TPSA) is 30.5 Å². The van der Waals surface area contributed by atoms with Gasteiger partial charge in [0.15, 0.2) is 0 Å². The van der Waals surface area contributed by atoms with Crippen molar-refractivity contribution in [3.05, 3.63) is 58.1 Å². The van der Waals surface area contributed by atoms with E-state index in [-0.39, 0.29) is 0 Å². The van der Waals surface area contributed by atoms with E-state index in [1.54, 1.807) is 7.11 Å². The maximum Gasteiger partial charge on any atom is 0.133 e. The van der Waals surface area contributed by atoms with E-state index in [0.717, 1.165) is 41.1 Å². The van der Waals surface area contributed by atoms with Gasteiger partial charge in [0.1, 0.15) is 11.5 Å². The lowest BCUT2D eigenvalue weighted by Crippen LogP contribution is -2.06. The summed E-state index contributed by atoms with van der Waals surface area (Å²) in [6.07, 6.45) is 0.915. The SMILES string of the molecule is CNCc1ccc(Br)cc1Oc1ccc(CCOC)cc1. The molecule has 0 atom stereocenters. The third kappa shape index (κ3) is 4.84. The van der Waals surface area contributed by atoms with E-state index in [2.05, 4.69) is 39.4 Å². The standard InChI is InChI=1S/C17H20BrNO2/c1-19-12-14-5-6-15(18)11-17(14)21-16-7-3-13(4-8-16)9-10-20-2/h3-8,11,19H,9-10,12H2,1-2H3. The fourth-order valence-corrected chi connectivity index (χ4v) is 2.37. The van der Waals surface area contributed by atoms with Gasteiger partial charge < -0.3 is 14.8 Å². The quantitative estimate of drug-likeness (QED) is 0.814. The van der Waals surface area contributed by atoms with E-state index in [4.69, 9.17) is 9.47 Å². The van der Waals surface area contributed by atoms with Crippen LogP contribution in [0, 0.1) is 0 Å². The number of halogens is 1. The molecule has 4 heteroatoms. The minimum atomic E-state index is 0.734. The summed E-state index contributed by atoms with van der Waals surface area (Å²) in [5.74, 6) is 1.70. The molecule has 0 heterocycles. The number of rotatable bonds is 7. The zero-order valence-corrected chi connectivity index (χ0v) is 13.9. The number of hydrogen-bond donors (Lipinski definition) is 1. The van der Waals surface area contributed by atoms with E-state index in [1.165, 1.54) is 5.56 Å². The summed E-state index contributed by atoms with van der Waals surface area (Å²) in [7, 11) is 3.64. The summed E-state index contributed by atoms with van der Waals surface area (Å²) >= 11 is 3.49. The molecule has 0 saturated heterocycles. The van der Waals surface area contributed by atoms with Crippen LogP contribution in [0.5, 0.6) is 11.5 Å². The molecule has 0 bridgehead atoms. The molecule has 0 spiro atoms. The molecule has 0 aliphatic carbocycles. The number of nitrogens with one attached hydrogen (secondary N) is 1. The molecule has 0 fully saturated rings. The van der Waals surface area contributed by atoms with Crippen molar-refractivity contribution in [1.29, 1.82) is 0 Å². The van der Waals surface area contributed by atoms with Crippen molar-refractivity contribution in [2.24, 2.45) is 0 Å². The number of hydrogen-bond acceptors (Lipinski definition) is 3. The first kappa shape index (κ1) is 16.0. The Hall–Kier alpha value is -1.36. The molecule has 2 aromatic rings. The van der Waals surface area contributed by atoms with Crippen molar-refractivity contribution in [2.45, 2.75) is 13.0 Å². The fraction of sp³-hybridized carbons (Fsp3) is 0.294. The van der Waals surface area contributed by atoms with Crippen LogP contribution in [0.2, 0.25) is 0 Å². The second-order valence-electron chi connectivity index (χ2n) is 4.77. The molecule has 0 saturated carbocycles. The Bertz CT molecular complexity index is 570. The molecule has 0 amide bonds. The maximum atomic E-state index is 6.00. The predicted octanol–water partition coefficient (Wildman–Crippen LogP) is 4.15. The molecule has 2 rings (SSSR count). The molecule has 1 N–H and O–H groups in total. The smallest absolute Gasteiger partial charge is 0.133 e. The highest BCUT2D eigenvalue weighted by Gasteiger charge is 2.06. The predicted molar refractivity (Wildman–Crippen MR) is 89.0 cm³/mol. The third-order valence-electron chi connectivity index (χ3n) is 3.14. The molecule has 112 valence electrons. The van der Waals surface area contributed by atoms with Gasteiger partial charge in [-0.1, -0.05) is 34.1 Å². The average molecular weight is 350 g/mol. The number of methoxy groups -OCH3 is 1. The van der Waals surface area contributed by atoms with Gasteiger partial charge in [0, 0.05) is 23.7 Å². The largest absolute Gasteiger partial charge is 0.457 e. The molecule has 0 aliphatic heterocycles. The third-order valence-corrected chi connectivity index (χ3v) is 3.64. The van der Waals surface area contributed by atoms with Gasteiger partial charge in [0.2, 0.25) is 0 Å². The van der Waals surface area contributed by atoms with Crippen LogP contribution >= 0.6 is 15.9 Å². The van der Waals surface area contributed by atoms with Crippen molar-refractivity contribution in [1.82, 2.24) is 5.32 Å². The summed E-state index contributed by atoms with van der Waals surface area (Å²) < 4.78 is 12.1. The summed E-state index contributed by atoms with van der Waals surface area (Å²) in [6, 6.07) is 14.2. The molecule has 0 aromatic heterocycles. The molecular weight excluding hydrogens is 330 g/mol. The normalized spacial score (nSPS) is 10.6. The summed E-state index contributed by atoms with van der Waals surface area (Å²) in [5.41, 5.74) is 2.37. The van der Waals surface area contributed by atoms with Crippen molar-refractivity contribution >= 4 is 15.9 Å². The molecule has 21 heavy (non-hydrogen) atoms. The zero-order valence-electron chi connectivity index (χ0n) is 12.4. The lowest BCUT2D eigenvalue weighted by atomic mass is 10.1. The highest BCUT2D eigenvalue weighted by molar-refractivity contribution is 9.10. The minimum Gasteiger partial charge on any atom is -0.457 e. The lowest BCUT2D eigenvalue weighted by Gasteiger charge is -2.12. The van der Waals surface area contributed by atoms with Crippen LogP contribution in [0.25, 0.3) is 0 Å². The van der Waals surface area contributed by atoms with Crippen LogP contribution in [0.15, 0.2) is 46.9 Å². The van der Waals surface area contributed by atoms with Crippen LogP contribution in [-0.2, 0) is 17.7 Å². The second kappa shape index (κ2) is 8.17. The highest BCUT2D eigenvalue weighted by Crippen LogP contribution is 2.28. The Morgan fingerprint density at radius 1 is 1.10 bits per heavy atom. The maximum absolute atomic E-state index is 6.00. The van der Waals surface area contributed by atoms with Gasteiger partial charge >= 0.3 is 0 Å². The molecule has 0 aliphatic rings. The Labute approximate surface area is 134 Å². The molecular formula is C17H20BrNO2. The molecule has 0 unspecified atom stereocenters. The molecule has 0 radical (unpaired) electrons. The fourth-order valence-electron chi connectivity index (χ4n) is 2.03. The number of ether oxygens (including phenoxy) is 2. The Morgan fingerprint density at radius 3 is 2.52 bits per heavy atom. The first-order valence-electron chi connectivity index (χ1n) is 6.91. The van der Waals surface area contributed by atoms with Crippen molar-refractivity contribution in [3.63, 3.8) is 0 Å². The molecule has 2 aromatic carbocycles. The Kier molecular flexibility index (Phi) is 6.23. The van der Waals surface area contributed by atoms with Gasteiger partial charge in [-0.15, -0.1) is 0 Å². The summed E-state index contributed by atoms with van der Waals surface area (Å²) in [6.45, 7) is 1.51. The first-order chi connectivity index (χ1) is 10.2. The number of benzene rings is 2. The van der Waals surface area contributed by atoms with Crippen LogP contribution in [0.4, 0.5) is 0 Å². The Balaban J connectivity index is 2.12. The van der Waals surface area contributed by atoms with Gasteiger partial charge in [-0.05, 0) is 43.3 Å². The van der Waals surface area contributed by atoms with Gasteiger partial charge in [-0.3, -0.25) is 0 Å². The van der Waals surface area contributed by atoms with Gasteiger partial charge in [-0.25, -0.2) is 0 Å². The van der Waals surface area contributed by atoms with E-state index in [9.17, 15) is 0 Å². The van der Waals surface area contributed by atoms with E-state index in [1.807, 2.05) is 31.3 Å². The van der Waals surface area contributed by atoms with Crippen molar-refractivity contribution in [2.75, 3.05) is 20.8 Å². The molecule has 3 nitrogen and oxygen atoms in total.